The van der Waals surface area contributed by atoms with Crippen LogP contribution in [0.3, 0.4) is 0 Å². The third-order valence-corrected chi connectivity index (χ3v) is 37.1. The van der Waals surface area contributed by atoms with Crippen molar-refractivity contribution in [2.24, 2.45) is 101 Å². The Morgan fingerprint density at radius 1 is 0.460 bits per heavy atom. The minimum absolute atomic E-state index is 0.0192. The monoisotopic (exact) mass is 1930 g/mol. The number of esters is 2. The van der Waals surface area contributed by atoms with E-state index in [1.165, 1.54) is 109 Å². The number of hydrogen-bond acceptors (Lipinski definition) is 33. The van der Waals surface area contributed by atoms with E-state index in [0.717, 1.165) is 81.1 Å². The van der Waals surface area contributed by atoms with Gasteiger partial charge in [0.05, 0.1) is 115 Å². The number of carbonyl (C=O) groups is 4. The highest BCUT2D eigenvalue weighted by Gasteiger charge is 2.66. The van der Waals surface area contributed by atoms with Gasteiger partial charge >= 0.3 is 11.9 Å². The summed E-state index contributed by atoms with van der Waals surface area (Å²) in [6.07, 6.45) is 21.3. The molecule has 4 aromatic rings. The lowest BCUT2D eigenvalue weighted by Gasteiger charge is -2.57. The van der Waals surface area contributed by atoms with Crippen LogP contribution in [0.25, 0.3) is 0 Å². The molecule has 126 heavy (non-hydrogen) atoms. The molecule has 13 saturated carbocycles. The van der Waals surface area contributed by atoms with Crippen LogP contribution in [0.1, 0.15) is 201 Å². The summed E-state index contributed by atoms with van der Waals surface area (Å²) in [7, 11) is -36.8. The molecule has 4 aromatic carbocycles. The summed E-state index contributed by atoms with van der Waals surface area (Å²) >= 11 is 0. The average molecular weight is 1930 g/mol. The standard InChI is InChI=1S/C21H19NO2.C12H18O3S.C11H14O7S.C10H16O3S.C7H12O3S.C7H8O3S.C6H12O3S.C6H6O3S.C2H6O3S.CH4O3S/c1-2-11-22-20(23)18-16-12-7-3-4-8-13(12)17(19(18)21(22)24)15-10-6-5-9-14(15)16;13-16(14,15)10-5-8-4-9(10)12-7-2-1-6(3-7)11(8)12;12-10-7-4-5-3-6(7)9(18-10)8(5)11(13)17-1-2-19(14,15)16;11-14(12,13)10-4-7-1-8(5-10)3-9(2-7)6-10;8-11(9,10)7-4-5-1-2-6(7)3-5;1-6-2-4-7(5-3-6)11(8,9)10;2*7-10(8,9)6-4-2-1-3-5-6;1-2-6(3,4)5;1-5(2,3)4/h3-10,16-19H,2,11H2,1H3;6-12H,1-5H2,(H,13,14,15);5-9H,1-4H2,(H,14,15,16);7-9H,1-6H2,(H,11,12,13);5-7H,1-4H2,(H,8,9,10);2-5H,1H3,(H,8,9,10);6H,1-5H2,(H,7,8,9);1-5H,(H,7,8,9);2H2,1H3,(H,3,4,5);1H3,(H,2,3,4)/p-9. The fraction of sp³-hybridized carbons (Fsp3) is 0.663. The molecule has 2 amide bonds. The molecule has 704 valence electrons. The van der Waals surface area contributed by atoms with E-state index in [0.29, 0.717) is 99.7 Å². The van der Waals surface area contributed by atoms with Gasteiger partial charge in [0, 0.05) is 41.6 Å². The number of hydrogen-bond donors (Lipinski definition) is 0. The molecule has 2 heterocycles. The molecule has 14 bridgehead atoms. The topological polar surface area (TPSA) is 605 Å². The van der Waals surface area contributed by atoms with Gasteiger partial charge in [-0.05, 0) is 246 Å². The lowest BCUT2D eigenvalue weighted by molar-refractivity contribution is -0.156. The van der Waals surface area contributed by atoms with Gasteiger partial charge < -0.3 is 50.4 Å². The predicted molar refractivity (Wildman–Crippen MR) is 442 cm³/mol. The van der Waals surface area contributed by atoms with Crippen LogP contribution in [0.15, 0.2) is 113 Å². The van der Waals surface area contributed by atoms with E-state index < -0.39 is 142 Å². The van der Waals surface area contributed by atoms with Gasteiger partial charge in [0.15, 0.2) is 0 Å². The average Bonchev–Trinajstić information content (AvgIpc) is 1.49. The van der Waals surface area contributed by atoms with Crippen LogP contribution in [0.5, 0.6) is 0 Å². The quantitative estimate of drug-likeness (QED) is 0.0542. The largest absolute Gasteiger partial charge is 0.748 e. The first-order chi connectivity index (χ1) is 58.5. The summed E-state index contributed by atoms with van der Waals surface area (Å²) in [5, 5.41) is -1.65. The highest BCUT2D eigenvalue weighted by atomic mass is 32.3. The van der Waals surface area contributed by atoms with E-state index in [1.54, 1.807) is 18.2 Å². The first-order valence-corrected chi connectivity index (χ1v) is 56.1. The smallest absolute Gasteiger partial charge is 0.313 e. The van der Waals surface area contributed by atoms with Crippen LogP contribution in [0.4, 0.5) is 0 Å². The lowest BCUT2D eigenvalue weighted by Crippen LogP contribution is -2.54. The molecule has 43 heteroatoms. The van der Waals surface area contributed by atoms with Crippen LogP contribution < -0.4 is 0 Å². The third-order valence-electron chi connectivity index (χ3n) is 28.6. The first-order valence-electron chi connectivity index (χ1n) is 42.5. The SMILES string of the molecule is CCCN1C(=O)C2C3c4ccccc4C(c4ccccc43)C2C1=O.CCS(=O)(=O)[O-].CS(=O)(=O)[O-].Cc1ccc(S(=O)(=O)[O-])cc1.O=C1OC2C3CC(CC13)C2C(=O)OCCS(=O)(=O)[O-].O=S(=O)([O-])C12CC3CC(CC(C3)C1)C2.O=S(=O)([O-])C1CC2CC1C1C3CCC(C3)C21.O=S(=O)([O-])C1CC2CCC1C2.O=S(=O)([O-])C1CCCCC1.O=S(=O)([O-])c1ccccc1. The Balaban J connectivity index is 0.000000140. The maximum atomic E-state index is 13.1. The normalized spacial score (nSPS) is 33.1. The van der Waals surface area contributed by atoms with E-state index in [4.69, 9.17) is 22.4 Å². The zero-order valence-corrected chi connectivity index (χ0v) is 77.1. The minimum atomic E-state index is -4.39. The molecule has 17 unspecified atom stereocenters. The molecule has 0 spiro atoms. The van der Waals surface area contributed by atoms with Crippen molar-refractivity contribution >= 4 is 115 Å². The van der Waals surface area contributed by atoms with Gasteiger partial charge in [-0.3, -0.25) is 24.1 Å². The lowest BCUT2D eigenvalue weighted by atomic mass is 9.55. The van der Waals surface area contributed by atoms with Gasteiger partial charge in [0.2, 0.25) is 11.8 Å². The highest BCUT2D eigenvalue weighted by molar-refractivity contribution is 7.88. The molecule has 2 saturated heterocycles. The summed E-state index contributed by atoms with van der Waals surface area (Å²) in [5.41, 5.74) is 5.88. The number of carbonyl (C=O) groups excluding carboxylic acids is 4. The maximum absolute atomic E-state index is 13.1. The van der Waals surface area contributed by atoms with E-state index in [2.05, 4.69) is 24.3 Å². The van der Waals surface area contributed by atoms with Crippen molar-refractivity contribution in [2.75, 3.05) is 30.9 Å². The third kappa shape index (κ3) is 24.1. The molecule has 17 atom stereocenters. The number of likely N-dealkylation sites (tertiary alicyclic amines) is 1. The molecular formula is C83H106NO33S9-9. The van der Waals surface area contributed by atoms with Crippen molar-refractivity contribution in [2.45, 2.75) is 217 Å². The second-order valence-electron chi connectivity index (χ2n) is 36.5. The van der Waals surface area contributed by atoms with Crippen LogP contribution >= 0.6 is 0 Å². The molecular weight excluding hydrogens is 1830 g/mol. The van der Waals surface area contributed by atoms with Crippen LogP contribution in [-0.4, -0.2) is 203 Å². The molecule has 16 aliphatic carbocycles. The molecule has 18 aliphatic rings. The number of amides is 2. The highest BCUT2D eigenvalue weighted by Crippen LogP contribution is 2.69. The van der Waals surface area contributed by atoms with Gasteiger partial charge in [-0.1, -0.05) is 124 Å². The van der Waals surface area contributed by atoms with Gasteiger partial charge in [-0.25, -0.2) is 75.8 Å². The van der Waals surface area contributed by atoms with Gasteiger partial charge in [-0.2, -0.15) is 0 Å². The van der Waals surface area contributed by atoms with Crippen molar-refractivity contribution in [3.8, 4) is 0 Å². The Labute approximate surface area is 738 Å². The van der Waals surface area contributed by atoms with Gasteiger partial charge in [-0.15, -0.1) is 0 Å². The summed E-state index contributed by atoms with van der Waals surface area (Å²) in [5.74, 6) is 3.56. The molecule has 22 rings (SSSR count). The molecule has 2 aliphatic heterocycles. The van der Waals surface area contributed by atoms with E-state index in [9.17, 15) is 123 Å². The Bertz CT molecular complexity index is 5560. The fourth-order valence-corrected chi connectivity index (χ4v) is 30.1. The van der Waals surface area contributed by atoms with Crippen molar-refractivity contribution < 1.29 is 145 Å². The fourth-order valence-electron chi connectivity index (χ4n) is 24.2. The number of benzene rings is 4. The van der Waals surface area contributed by atoms with Crippen molar-refractivity contribution in [1.29, 1.82) is 0 Å². The first kappa shape index (κ1) is 101. The molecule has 0 aromatic heterocycles. The van der Waals surface area contributed by atoms with Crippen molar-refractivity contribution in [1.82, 2.24) is 4.90 Å². The number of nitrogens with zero attached hydrogens (tertiary/aromatic N) is 1. The Hall–Kier alpha value is -5.85. The number of fused-ring (bicyclic) bond motifs is 12. The zero-order chi connectivity index (χ0) is 92.7. The van der Waals surface area contributed by atoms with Crippen LogP contribution in [0.2, 0.25) is 0 Å². The van der Waals surface area contributed by atoms with Gasteiger partial charge in [0.25, 0.3) is 0 Å². The minimum Gasteiger partial charge on any atom is -0.748 e. The number of aryl methyl sites for hydroxylation is 1. The molecule has 0 N–H and O–H groups in total. The number of rotatable bonds is 13. The van der Waals surface area contributed by atoms with Crippen LogP contribution in [0, 0.1) is 108 Å². The zero-order valence-electron chi connectivity index (χ0n) is 69.8. The second-order valence-corrected chi connectivity index (χ2v) is 50.5. The number of ether oxygens (including phenoxy) is 2. The van der Waals surface area contributed by atoms with Crippen molar-refractivity contribution in [3.63, 3.8) is 0 Å². The summed E-state index contributed by atoms with van der Waals surface area (Å²) in [6, 6.07) is 29.7. The molecule has 34 nitrogen and oxygen atoms in total. The Kier molecular flexibility index (Phi) is 31.6. The van der Waals surface area contributed by atoms with Crippen molar-refractivity contribution in [3.05, 3.63) is 131 Å². The predicted octanol–water partition coefficient (Wildman–Crippen LogP) is 7.45. The van der Waals surface area contributed by atoms with Crippen LogP contribution in [-0.2, 0) is 120 Å². The Morgan fingerprint density at radius 2 is 0.913 bits per heavy atom. The Morgan fingerprint density at radius 3 is 1.30 bits per heavy atom. The molecule has 15 fully saturated rings. The van der Waals surface area contributed by atoms with E-state index in [-0.39, 0.29) is 86.6 Å². The summed E-state index contributed by atoms with van der Waals surface area (Å²) in [6.45, 7) is 5.24. The van der Waals surface area contributed by atoms with E-state index in [1.807, 2.05) is 38.1 Å². The molecule has 0 radical (unpaired) electrons. The maximum Gasteiger partial charge on any atom is 0.313 e. The summed E-state index contributed by atoms with van der Waals surface area (Å²) in [4.78, 5) is 50.7. The second kappa shape index (κ2) is 39.5. The summed E-state index contributed by atoms with van der Waals surface area (Å²) < 4.78 is 289. The van der Waals surface area contributed by atoms with E-state index >= 15 is 0 Å². The number of imide groups is 1. The van der Waals surface area contributed by atoms with Gasteiger partial charge in [0.1, 0.15) is 43.1 Å².